The van der Waals surface area contributed by atoms with Crippen LogP contribution in [0.2, 0.25) is 0 Å². The molecule has 0 saturated heterocycles. The number of carboxylic acid groups (broad SMARTS) is 1. The minimum atomic E-state index is -1.23. The Bertz CT molecular complexity index is 846. The van der Waals surface area contributed by atoms with Crippen molar-refractivity contribution in [2.45, 2.75) is 44.8 Å². The number of hydrogen-bond acceptors (Lipinski definition) is 5. The van der Waals surface area contributed by atoms with Gasteiger partial charge in [0.05, 0.1) is 12.7 Å². The normalized spacial score (nSPS) is 21.8. The first-order valence-electron chi connectivity index (χ1n) is 10.4. The van der Waals surface area contributed by atoms with Crippen molar-refractivity contribution in [1.29, 1.82) is 0 Å². The minimum absolute atomic E-state index is 0.111. The highest BCUT2D eigenvalue weighted by Crippen LogP contribution is 2.29. The Hall–Kier alpha value is -2.94. The van der Waals surface area contributed by atoms with Gasteiger partial charge in [-0.25, -0.2) is 4.39 Å². The molecule has 3 N–H and O–H groups in total. The second-order valence-electron chi connectivity index (χ2n) is 7.98. The number of carbonyl (C=O) groups is 3. The van der Waals surface area contributed by atoms with Gasteiger partial charge in [-0.1, -0.05) is 12.1 Å². The second kappa shape index (κ2) is 10.4. The molecule has 3 rings (SSSR count). The Morgan fingerprint density at radius 3 is 2.48 bits per heavy atom. The first-order valence-corrected chi connectivity index (χ1v) is 10.4. The molecular formula is C22H27FN2O6. The number of nitrogens with zero attached hydrogens (tertiary/aromatic N) is 1. The van der Waals surface area contributed by atoms with Crippen LogP contribution in [0.3, 0.4) is 0 Å². The lowest BCUT2D eigenvalue weighted by Crippen LogP contribution is -2.45. The number of aliphatic hydroxyl groups is 1. The van der Waals surface area contributed by atoms with Crippen LogP contribution in [0.4, 0.5) is 4.39 Å². The van der Waals surface area contributed by atoms with Crippen LogP contribution >= 0.6 is 0 Å². The first-order chi connectivity index (χ1) is 14.8. The van der Waals surface area contributed by atoms with E-state index >= 15 is 0 Å². The van der Waals surface area contributed by atoms with Crippen molar-refractivity contribution in [1.82, 2.24) is 10.2 Å². The topological polar surface area (TPSA) is 116 Å². The second-order valence-corrected chi connectivity index (χ2v) is 7.98. The van der Waals surface area contributed by atoms with E-state index in [1.165, 1.54) is 12.1 Å². The van der Waals surface area contributed by atoms with E-state index in [1.807, 2.05) is 0 Å². The molecule has 1 aromatic carbocycles. The van der Waals surface area contributed by atoms with Gasteiger partial charge in [0, 0.05) is 19.5 Å². The molecule has 168 valence electrons. The number of ether oxygens (including phenoxy) is 1. The number of aliphatic hydroxyl groups excluding tert-OH is 1. The average molecular weight is 434 g/mol. The van der Waals surface area contributed by atoms with Crippen molar-refractivity contribution < 1.29 is 33.7 Å². The number of aliphatic carboxylic acids is 1. The zero-order chi connectivity index (χ0) is 22.4. The summed E-state index contributed by atoms with van der Waals surface area (Å²) < 4.78 is 18.9. The Labute approximate surface area is 179 Å². The monoisotopic (exact) mass is 434 g/mol. The fourth-order valence-electron chi connectivity index (χ4n) is 3.98. The largest absolute Gasteiger partial charge is 0.511 e. The molecule has 1 saturated carbocycles. The van der Waals surface area contributed by atoms with Crippen molar-refractivity contribution in [2.24, 2.45) is 5.92 Å². The molecule has 1 aliphatic heterocycles. The van der Waals surface area contributed by atoms with Gasteiger partial charge in [0.25, 0.3) is 11.8 Å². The Morgan fingerprint density at radius 2 is 1.84 bits per heavy atom. The first kappa shape index (κ1) is 22.7. The van der Waals surface area contributed by atoms with Crippen molar-refractivity contribution in [3.05, 3.63) is 47.0 Å². The highest BCUT2D eigenvalue weighted by Gasteiger charge is 2.34. The molecule has 2 aliphatic rings. The number of carboxylic acids is 1. The molecule has 1 aliphatic carbocycles. The maximum absolute atomic E-state index is 13.0. The molecule has 1 aromatic rings. The van der Waals surface area contributed by atoms with Crippen LogP contribution in [-0.4, -0.2) is 58.6 Å². The van der Waals surface area contributed by atoms with Gasteiger partial charge in [-0.05, 0) is 49.3 Å². The number of benzene rings is 1. The third kappa shape index (κ3) is 6.27. The number of amides is 2. The fourth-order valence-corrected chi connectivity index (χ4v) is 3.98. The molecular weight excluding hydrogens is 407 g/mol. The van der Waals surface area contributed by atoms with Gasteiger partial charge in [0.1, 0.15) is 23.7 Å². The van der Waals surface area contributed by atoms with Gasteiger partial charge in [-0.2, -0.15) is 0 Å². The lowest BCUT2D eigenvalue weighted by Gasteiger charge is -2.34. The summed E-state index contributed by atoms with van der Waals surface area (Å²) in [5, 5.41) is 20.8. The van der Waals surface area contributed by atoms with Crippen LogP contribution in [0.15, 0.2) is 35.6 Å². The van der Waals surface area contributed by atoms with Crippen LogP contribution in [0.25, 0.3) is 0 Å². The molecule has 1 heterocycles. The average Bonchev–Trinajstić information content (AvgIpc) is 2.75. The van der Waals surface area contributed by atoms with Crippen molar-refractivity contribution in [2.75, 3.05) is 19.6 Å². The predicted octanol–water partition coefficient (Wildman–Crippen LogP) is 2.15. The Balaban J connectivity index is 1.46. The van der Waals surface area contributed by atoms with E-state index in [0.29, 0.717) is 19.7 Å². The van der Waals surface area contributed by atoms with Crippen LogP contribution in [0, 0.1) is 11.7 Å². The Morgan fingerprint density at radius 1 is 1.16 bits per heavy atom. The number of rotatable bonds is 8. The Kier molecular flexibility index (Phi) is 7.62. The molecule has 1 fully saturated rings. The van der Waals surface area contributed by atoms with Crippen LogP contribution < -0.4 is 5.32 Å². The van der Waals surface area contributed by atoms with Crippen LogP contribution in [-0.2, 0) is 25.7 Å². The standard InChI is InChI=1S/C22H27FN2O6/c23-16-5-1-15(2-6-16)13-31-17-7-3-14(4-8-17)12-25-10-9-18(26)20(22(25)30)21(29)24-11-19(27)28/h1-2,5-6,14,17,26H,3-4,7-13H2,(H,24,29)(H,27,28)/t14-,17-. The third-order valence-corrected chi connectivity index (χ3v) is 5.71. The fraction of sp³-hybridized carbons (Fsp3) is 0.500. The lowest BCUT2D eigenvalue weighted by atomic mass is 9.86. The number of hydrogen-bond donors (Lipinski definition) is 3. The summed E-state index contributed by atoms with van der Waals surface area (Å²) in [4.78, 5) is 37.0. The highest BCUT2D eigenvalue weighted by atomic mass is 19.1. The van der Waals surface area contributed by atoms with Gasteiger partial charge in [0.2, 0.25) is 0 Å². The quantitative estimate of drug-likeness (QED) is 0.540. The summed E-state index contributed by atoms with van der Waals surface area (Å²) in [5.74, 6) is -2.98. The molecule has 0 spiro atoms. The molecule has 0 bridgehead atoms. The van der Waals surface area contributed by atoms with E-state index in [1.54, 1.807) is 17.0 Å². The summed E-state index contributed by atoms with van der Waals surface area (Å²) in [6.45, 7) is 0.609. The van der Waals surface area contributed by atoms with Crippen LogP contribution in [0.5, 0.6) is 0 Å². The molecule has 0 radical (unpaired) electrons. The number of carbonyl (C=O) groups excluding carboxylic acids is 2. The number of nitrogens with one attached hydrogen (secondary N) is 1. The van der Waals surface area contributed by atoms with E-state index < -0.39 is 24.3 Å². The summed E-state index contributed by atoms with van der Waals surface area (Å²) in [5.41, 5.74) is 0.548. The van der Waals surface area contributed by atoms with E-state index in [9.17, 15) is 23.9 Å². The van der Waals surface area contributed by atoms with Gasteiger partial charge in [-0.3, -0.25) is 14.4 Å². The molecule has 0 unspecified atom stereocenters. The maximum atomic E-state index is 13.0. The SMILES string of the molecule is O=C(O)CNC(=O)C1=C(O)CCN(C[C@H]2CC[C@H](OCc3ccc(F)cc3)CC2)C1=O. The van der Waals surface area contributed by atoms with Gasteiger partial charge in [0.15, 0.2) is 0 Å². The smallest absolute Gasteiger partial charge is 0.322 e. The van der Waals surface area contributed by atoms with Crippen molar-refractivity contribution in [3.63, 3.8) is 0 Å². The minimum Gasteiger partial charge on any atom is -0.511 e. The molecule has 2 amide bonds. The lowest BCUT2D eigenvalue weighted by molar-refractivity contribution is -0.138. The molecule has 9 heteroatoms. The molecule has 31 heavy (non-hydrogen) atoms. The van der Waals surface area contributed by atoms with Gasteiger partial charge < -0.3 is 25.2 Å². The van der Waals surface area contributed by atoms with Gasteiger partial charge >= 0.3 is 5.97 Å². The zero-order valence-electron chi connectivity index (χ0n) is 17.2. The summed E-state index contributed by atoms with van der Waals surface area (Å²) in [6.07, 6.45) is 3.71. The van der Waals surface area contributed by atoms with Crippen LogP contribution in [0.1, 0.15) is 37.7 Å². The zero-order valence-corrected chi connectivity index (χ0v) is 17.2. The summed E-state index contributed by atoms with van der Waals surface area (Å²) in [6, 6.07) is 6.23. The summed E-state index contributed by atoms with van der Waals surface area (Å²) >= 11 is 0. The summed E-state index contributed by atoms with van der Waals surface area (Å²) in [7, 11) is 0. The van der Waals surface area contributed by atoms with Gasteiger partial charge in [-0.15, -0.1) is 0 Å². The van der Waals surface area contributed by atoms with E-state index in [4.69, 9.17) is 9.84 Å². The molecule has 8 nitrogen and oxygen atoms in total. The molecule has 0 aromatic heterocycles. The van der Waals surface area contributed by atoms with E-state index in [0.717, 1.165) is 31.2 Å². The molecule has 0 atom stereocenters. The maximum Gasteiger partial charge on any atom is 0.322 e. The number of halogens is 1. The van der Waals surface area contributed by atoms with E-state index in [-0.39, 0.29) is 35.6 Å². The third-order valence-electron chi connectivity index (χ3n) is 5.71. The highest BCUT2D eigenvalue weighted by molar-refractivity contribution is 6.19. The van der Waals surface area contributed by atoms with E-state index in [2.05, 4.69) is 5.32 Å². The van der Waals surface area contributed by atoms with Crippen molar-refractivity contribution >= 4 is 17.8 Å². The van der Waals surface area contributed by atoms with Crippen molar-refractivity contribution in [3.8, 4) is 0 Å². The predicted molar refractivity (Wildman–Crippen MR) is 108 cm³/mol.